The Kier molecular flexibility index (Phi) is 4.51. The lowest BCUT2D eigenvalue weighted by molar-refractivity contribution is 0.213. The van der Waals surface area contributed by atoms with E-state index in [0.29, 0.717) is 11.6 Å². The number of ether oxygens (including phenoxy) is 2. The molecule has 0 N–H and O–H groups in total. The predicted octanol–water partition coefficient (Wildman–Crippen LogP) is 4.50. The van der Waals surface area contributed by atoms with E-state index in [1.165, 1.54) is 0 Å². The fourth-order valence-corrected chi connectivity index (χ4v) is 2.68. The molecule has 0 aliphatic heterocycles. The minimum Gasteiger partial charge on any atom is -0.480 e. The van der Waals surface area contributed by atoms with E-state index in [0.717, 1.165) is 28.1 Å². The van der Waals surface area contributed by atoms with Crippen LogP contribution in [0.25, 0.3) is 11.1 Å². The van der Waals surface area contributed by atoms with E-state index >= 15 is 0 Å². The van der Waals surface area contributed by atoms with Crippen LogP contribution in [0.4, 0.5) is 0 Å². The number of benzene rings is 1. The molecule has 3 rings (SSSR count). The number of nitrogens with zero attached hydrogens (tertiary/aromatic N) is 2. The molecule has 0 radical (unpaired) electrons. The third kappa shape index (κ3) is 3.11. The smallest absolute Gasteiger partial charge is 0.256 e. The number of hydrogen-bond acceptors (Lipinski definition) is 5. The number of aromatic nitrogens is 2. The zero-order valence-corrected chi connectivity index (χ0v) is 14.2. The van der Waals surface area contributed by atoms with Gasteiger partial charge >= 0.3 is 0 Å². The van der Waals surface area contributed by atoms with Gasteiger partial charge in [-0.25, -0.2) is 4.98 Å². The first-order valence-corrected chi connectivity index (χ1v) is 7.79. The summed E-state index contributed by atoms with van der Waals surface area (Å²) in [5.41, 5.74) is 3.73. The van der Waals surface area contributed by atoms with Gasteiger partial charge in [0, 0.05) is 17.3 Å². The normalized spacial score (nSPS) is 12.0. The van der Waals surface area contributed by atoms with Crippen molar-refractivity contribution in [3.63, 3.8) is 0 Å². The Bertz CT molecular complexity index is 808. The molecule has 0 spiro atoms. The van der Waals surface area contributed by atoms with Gasteiger partial charge in [0.2, 0.25) is 0 Å². The lowest BCUT2D eigenvalue weighted by atomic mass is 10.1. The maximum Gasteiger partial charge on any atom is 0.256 e. The first-order chi connectivity index (χ1) is 11.6. The fourth-order valence-electron chi connectivity index (χ4n) is 2.68. The Hall–Kier alpha value is -2.82. The zero-order chi connectivity index (χ0) is 17.1. The number of pyridine rings is 1. The molecule has 0 saturated carbocycles. The fraction of sp³-hybridized carbons (Fsp3) is 0.263. The average Bonchev–Trinajstić information content (AvgIpc) is 2.94. The van der Waals surface area contributed by atoms with Crippen LogP contribution in [0.5, 0.6) is 11.6 Å². The van der Waals surface area contributed by atoms with Crippen molar-refractivity contribution in [3.8, 4) is 22.8 Å². The highest BCUT2D eigenvalue weighted by Gasteiger charge is 2.17. The van der Waals surface area contributed by atoms with E-state index in [1.54, 1.807) is 13.3 Å². The van der Waals surface area contributed by atoms with Gasteiger partial charge in [0.15, 0.2) is 5.75 Å². The predicted molar refractivity (Wildman–Crippen MR) is 91.2 cm³/mol. The van der Waals surface area contributed by atoms with Crippen molar-refractivity contribution in [2.75, 3.05) is 7.11 Å². The van der Waals surface area contributed by atoms with Crippen molar-refractivity contribution in [3.05, 3.63) is 59.6 Å². The summed E-state index contributed by atoms with van der Waals surface area (Å²) in [7, 11) is 1.58. The highest BCUT2D eigenvalue weighted by molar-refractivity contribution is 5.68. The molecule has 3 aromatic rings. The van der Waals surface area contributed by atoms with Crippen molar-refractivity contribution in [1.29, 1.82) is 0 Å². The highest BCUT2D eigenvalue weighted by atomic mass is 16.5. The van der Waals surface area contributed by atoms with Gasteiger partial charge in [0.25, 0.3) is 5.88 Å². The third-order valence-corrected chi connectivity index (χ3v) is 3.91. The quantitative estimate of drug-likeness (QED) is 0.691. The second-order valence-electron chi connectivity index (χ2n) is 5.60. The zero-order valence-electron chi connectivity index (χ0n) is 14.2. The van der Waals surface area contributed by atoms with Gasteiger partial charge < -0.3 is 14.0 Å². The number of aryl methyl sites for hydroxylation is 2. The van der Waals surface area contributed by atoms with Crippen molar-refractivity contribution < 1.29 is 14.0 Å². The molecule has 1 aromatic carbocycles. The van der Waals surface area contributed by atoms with Crippen LogP contribution in [0.1, 0.15) is 30.0 Å². The van der Waals surface area contributed by atoms with Gasteiger partial charge in [-0.15, -0.1) is 0 Å². The lowest BCUT2D eigenvalue weighted by Crippen LogP contribution is -2.05. The van der Waals surface area contributed by atoms with Crippen LogP contribution in [0.2, 0.25) is 0 Å². The Morgan fingerprint density at radius 1 is 1.12 bits per heavy atom. The minimum absolute atomic E-state index is 0.123. The minimum atomic E-state index is -0.123. The number of methoxy groups -OCH3 is 1. The largest absolute Gasteiger partial charge is 0.480 e. The summed E-state index contributed by atoms with van der Waals surface area (Å²) in [5, 5.41) is 4.00. The topological polar surface area (TPSA) is 57.4 Å². The molecule has 0 fully saturated rings. The Morgan fingerprint density at radius 3 is 2.50 bits per heavy atom. The van der Waals surface area contributed by atoms with Gasteiger partial charge in [0.1, 0.15) is 11.9 Å². The van der Waals surface area contributed by atoms with Crippen molar-refractivity contribution in [2.45, 2.75) is 26.9 Å². The van der Waals surface area contributed by atoms with E-state index in [2.05, 4.69) is 10.1 Å². The SMILES string of the molecule is COc1ncc(-c2c(C)noc2C)cc1OC(C)c1ccccc1. The first kappa shape index (κ1) is 16.1. The molecule has 2 aromatic heterocycles. The standard InChI is InChI=1S/C19H20N2O3/c1-12-18(14(3)24-21-12)16-10-17(19(22-4)20-11-16)23-13(2)15-8-6-5-7-9-15/h5-11,13H,1-4H3. The van der Waals surface area contributed by atoms with Crippen molar-refractivity contribution >= 4 is 0 Å². The maximum absolute atomic E-state index is 6.10. The summed E-state index contributed by atoms with van der Waals surface area (Å²) in [6.07, 6.45) is 1.62. The van der Waals surface area contributed by atoms with E-state index in [9.17, 15) is 0 Å². The molecule has 0 aliphatic carbocycles. The van der Waals surface area contributed by atoms with E-state index in [-0.39, 0.29) is 6.10 Å². The van der Waals surface area contributed by atoms with Gasteiger partial charge in [-0.2, -0.15) is 0 Å². The number of hydrogen-bond donors (Lipinski definition) is 0. The van der Waals surface area contributed by atoms with Crippen LogP contribution in [0, 0.1) is 13.8 Å². The molecule has 0 aliphatic rings. The van der Waals surface area contributed by atoms with Crippen LogP contribution >= 0.6 is 0 Å². The Labute approximate surface area is 141 Å². The Balaban J connectivity index is 1.96. The monoisotopic (exact) mass is 324 g/mol. The first-order valence-electron chi connectivity index (χ1n) is 7.79. The maximum atomic E-state index is 6.10. The summed E-state index contributed by atoms with van der Waals surface area (Å²) in [6, 6.07) is 11.9. The molecule has 1 unspecified atom stereocenters. The summed E-state index contributed by atoms with van der Waals surface area (Å²) in [5.74, 6) is 1.79. The van der Waals surface area contributed by atoms with Crippen molar-refractivity contribution in [1.82, 2.24) is 10.1 Å². The summed E-state index contributed by atoms with van der Waals surface area (Å²) in [4.78, 5) is 4.37. The van der Waals surface area contributed by atoms with Crippen LogP contribution in [0.3, 0.4) is 0 Å². The lowest BCUT2D eigenvalue weighted by Gasteiger charge is -2.17. The van der Waals surface area contributed by atoms with Gasteiger partial charge in [0.05, 0.1) is 12.8 Å². The molecule has 5 nitrogen and oxygen atoms in total. The number of rotatable bonds is 5. The van der Waals surface area contributed by atoms with Crippen LogP contribution < -0.4 is 9.47 Å². The van der Waals surface area contributed by atoms with Crippen LogP contribution in [-0.4, -0.2) is 17.3 Å². The molecule has 5 heteroatoms. The molecule has 124 valence electrons. The summed E-state index contributed by atoms with van der Waals surface area (Å²) >= 11 is 0. The van der Waals surface area contributed by atoms with Gasteiger partial charge in [-0.3, -0.25) is 0 Å². The molecule has 0 bridgehead atoms. The van der Waals surface area contributed by atoms with Crippen LogP contribution in [-0.2, 0) is 0 Å². The second kappa shape index (κ2) is 6.74. The van der Waals surface area contributed by atoms with E-state index in [4.69, 9.17) is 14.0 Å². The van der Waals surface area contributed by atoms with Gasteiger partial charge in [-0.1, -0.05) is 35.5 Å². The molecule has 1 atom stereocenters. The molecular weight excluding hydrogens is 304 g/mol. The average molecular weight is 324 g/mol. The highest BCUT2D eigenvalue weighted by Crippen LogP contribution is 2.35. The summed E-state index contributed by atoms with van der Waals surface area (Å²) in [6.45, 7) is 5.78. The van der Waals surface area contributed by atoms with E-state index in [1.807, 2.05) is 57.2 Å². The van der Waals surface area contributed by atoms with E-state index < -0.39 is 0 Å². The van der Waals surface area contributed by atoms with Gasteiger partial charge in [-0.05, 0) is 32.4 Å². The third-order valence-electron chi connectivity index (χ3n) is 3.91. The second-order valence-corrected chi connectivity index (χ2v) is 5.60. The molecular formula is C19H20N2O3. The van der Waals surface area contributed by atoms with Crippen molar-refractivity contribution in [2.24, 2.45) is 0 Å². The molecule has 0 amide bonds. The Morgan fingerprint density at radius 2 is 1.88 bits per heavy atom. The molecule has 2 heterocycles. The molecule has 0 saturated heterocycles. The molecule has 24 heavy (non-hydrogen) atoms. The van der Waals surface area contributed by atoms with Crippen LogP contribution in [0.15, 0.2) is 47.1 Å². The summed E-state index contributed by atoms with van der Waals surface area (Å²) < 4.78 is 16.7.